The lowest BCUT2D eigenvalue weighted by molar-refractivity contribution is -0.118. The summed E-state index contributed by atoms with van der Waals surface area (Å²) in [5.41, 5.74) is 0.820. The fourth-order valence-electron chi connectivity index (χ4n) is 1.10. The molecular weight excluding hydrogens is 154 g/mol. The summed E-state index contributed by atoms with van der Waals surface area (Å²) in [6.07, 6.45) is 6.74. The smallest absolute Gasteiger partial charge is 0.221 e. The highest BCUT2D eigenvalue weighted by Crippen LogP contribution is 2.10. The van der Waals surface area contributed by atoms with Crippen molar-refractivity contribution in [3.63, 3.8) is 0 Å². The van der Waals surface area contributed by atoms with Crippen molar-refractivity contribution in [1.29, 1.82) is 0 Å². The van der Waals surface area contributed by atoms with Crippen LogP contribution in [0.15, 0.2) is 23.9 Å². The molecule has 0 aliphatic heterocycles. The van der Waals surface area contributed by atoms with Gasteiger partial charge in [0.05, 0.1) is 6.10 Å². The van der Waals surface area contributed by atoms with E-state index >= 15 is 0 Å². The molecule has 0 bridgehead atoms. The largest absolute Gasteiger partial charge is 0.377 e. The van der Waals surface area contributed by atoms with Gasteiger partial charge in [-0.15, -0.1) is 0 Å². The summed E-state index contributed by atoms with van der Waals surface area (Å²) in [4.78, 5) is 10.7. The van der Waals surface area contributed by atoms with Crippen molar-refractivity contribution in [2.45, 2.75) is 19.4 Å². The van der Waals surface area contributed by atoms with Crippen molar-refractivity contribution < 1.29 is 9.53 Å². The molecule has 66 valence electrons. The predicted molar refractivity (Wildman–Crippen MR) is 46.5 cm³/mol. The van der Waals surface area contributed by atoms with Crippen LogP contribution in [0.25, 0.3) is 0 Å². The summed E-state index contributed by atoms with van der Waals surface area (Å²) < 4.78 is 5.12. The van der Waals surface area contributed by atoms with Crippen molar-refractivity contribution >= 4 is 5.91 Å². The van der Waals surface area contributed by atoms with Crippen molar-refractivity contribution in [2.75, 3.05) is 7.11 Å². The molecule has 1 atom stereocenters. The molecule has 0 aromatic heterocycles. The third-order valence-electron chi connectivity index (χ3n) is 1.65. The molecule has 3 nitrogen and oxygen atoms in total. The van der Waals surface area contributed by atoms with Gasteiger partial charge >= 0.3 is 0 Å². The number of amides is 1. The first-order chi connectivity index (χ1) is 5.72. The van der Waals surface area contributed by atoms with E-state index in [2.05, 4.69) is 5.32 Å². The van der Waals surface area contributed by atoms with Gasteiger partial charge in [-0.25, -0.2) is 0 Å². The Balaban J connectivity index is 2.57. The van der Waals surface area contributed by atoms with Gasteiger partial charge in [0.15, 0.2) is 0 Å². The minimum atomic E-state index is -0.0531. The van der Waals surface area contributed by atoms with Crippen LogP contribution in [0.5, 0.6) is 0 Å². The SMILES string of the molecule is COC1C=C(NC(C)=O)C=CC1. The average molecular weight is 167 g/mol. The first-order valence-corrected chi connectivity index (χ1v) is 3.91. The van der Waals surface area contributed by atoms with Gasteiger partial charge in [-0.2, -0.15) is 0 Å². The number of hydrogen-bond donors (Lipinski definition) is 1. The Morgan fingerprint density at radius 1 is 1.75 bits per heavy atom. The quantitative estimate of drug-likeness (QED) is 0.665. The van der Waals surface area contributed by atoms with Crippen LogP contribution >= 0.6 is 0 Å². The van der Waals surface area contributed by atoms with Gasteiger partial charge in [-0.3, -0.25) is 4.79 Å². The third kappa shape index (κ3) is 2.51. The standard InChI is InChI=1S/C9H13NO2/c1-7(11)10-8-4-3-5-9(6-8)12-2/h3-4,6,9H,5H2,1-2H3,(H,10,11). The number of methoxy groups -OCH3 is 1. The highest BCUT2D eigenvalue weighted by Gasteiger charge is 2.07. The van der Waals surface area contributed by atoms with Crippen LogP contribution in [-0.2, 0) is 9.53 Å². The summed E-state index contributed by atoms with van der Waals surface area (Å²) in [6.45, 7) is 1.49. The highest BCUT2D eigenvalue weighted by molar-refractivity contribution is 5.75. The Labute approximate surface area is 72.1 Å². The maximum absolute atomic E-state index is 10.7. The highest BCUT2D eigenvalue weighted by atomic mass is 16.5. The van der Waals surface area contributed by atoms with E-state index in [1.165, 1.54) is 6.92 Å². The molecule has 1 amide bonds. The maximum atomic E-state index is 10.7. The van der Waals surface area contributed by atoms with Crippen LogP contribution in [0.2, 0.25) is 0 Å². The zero-order chi connectivity index (χ0) is 8.97. The molecular formula is C9H13NO2. The van der Waals surface area contributed by atoms with Crippen LogP contribution in [0.1, 0.15) is 13.3 Å². The lowest BCUT2D eigenvalue weighted by Crippen LogP contribution is -2.22. The second-order valence-electron chi connectivity index (χ2n) is 2.72. The summed E-state index contributed by atoms with van der Waals surface area (Å²) in [6, 6.07) is 0. The Hall–Kier alpha value is -1.09. The van der Waals surface area contributed by atoms with Crippen LogP contribution < -0.4 is 5.32 Å². The topological polar surface area (TPSA) is 38.3 Å². The molecule has 1 aliphatic carbocycles. The summed E-state index contributed by atoms with van der Waals surface area (Å²) in [5, 5.41) is 2.70. The van der Waals surface area contributed by atoms with Crippen LogP contribution in [-0.4, -0.2) is 19.1 Å². The molecule has 0 saturated carbocycles. The van der Waals surface area contributed by atoms with Crippen molar-refractivity contribution in [2.24, 2.45) is 0 Å². The lowest BCUT2D eigenvalue weighted by Gasteiger charge is -2.14. The first kappa shape index (κ1) is 9.00. The van der Waals surface area contributed by atoms with E-state index in [9.17, 15) is 4.79 Å². The lowest BCUT2D eigenvalue weighted by atomic mass is 10.1. The van der Waals surface area contributed by atoms with E-state index in [1.54, 1.807) is 7.11 Å². The summed E-state index contributed by atoms with van der Waals surface area (Å²) in [7, 11) is 1.66. The van der Waals surface area contributed by atoms with Crippen LogP contribution in [0.4, 0.5) is 0 Å². The molecule has 0 radical (unpaired) electrons. The van der Waals surface area contributed by atoms with Gasteiger partial charge in [0.2, 0.25) is 5.91 Å². The van der Waals surface area contributed by atoms with E-state index in [4.69, 9.17) is 4.74 Å². The van der Waals surface area contributed by atoms with Crippen LogP contribution in [0, 0.1) is 0 Å². The minimum Gasteiger partial charge on any atom is -0.377 e. The predicted octanol–water partition coefficient (Wildman–Crippen LogP) is 0.981. The van der Waals surface area contributed by atoms with E-state index in [1.807, 2.05) is 18.2 Å². The molecule has 1 N–H and O–H groups in total. The minimum absolute atomic E-state index is 0.0531. The van der Waals surface area contributed by atoms with E-state index in [-0.39, 0.29) is 12.0 Å². The van der Waals surface area contributed by atoms with E-state index < -0.39 is 0 Å². The number of carbonyl (C=O) groups is 1. The molecule has 1 aliphatic rings. The zero-order valence-corrected chi connectivity index (χ0v) is 7.33. The number of hydrogen-bond acceptors (Lipinski definition) is 2. The molecule has 0 heterocycles. The van der Waals surface area contributed by atoms with Gasteiger partial charge in [0.1, 0.15) is 0 Å². The van der Waals surface area contributed by atoms with Crippen LogP contribution in [0.3, 0.4) is 0 Å². The normalized spacial score (nSPS) is 21.8. The molecule has 0 fully saturated rings. The number of allylic oxidation sites excluding steroid dienone is 1. The fraction of sp³-hybridized carbons (Fsp3) is 0.444. The van der Waals surface area contributed by atoms with Crippen molar-refractivity contribution in [3.05, 3.63) is 23.9 Å². The molecule has 3 heteroatoms. The van der Waals surface area contributed by atoms with Gasteiger partial charge in [0, 0.05) is 19.7 Å². The second kappa shape index (κ2) is 4.07. The van der Waals surface area contributed by atoms with E-state index in [0.29, 0.717) is 0 Å². The molecule has 1 rings (SSSR count). The molecule has 0 aromatic rings. The van der Waals surface area contributed by atoms with Gasteiger partial charge < -0.3 is 10.1 Å². The Morgan fingerprint density at radius 2 is 2.50 bits per heavy atom. The second-order valence-corrected chi connectivity index (χ2v) is 2.72. The molecule has 0 saturated heterocycles. The Morgan fingerprint density at radius 3 is 3.08 bits per heavy atom. The average Bonchev–Trinajstić information content (AvgIpc) is 2.03. The fourth-order valence-corrected chi connectivity index (χ4v) is 1.10. The first-order valence-electron chi connectivity index (χ1n) is 3.91. The number of nitrogens with one attached hydrogen (secondary N) is 1. The van der Waals surface area contributed by atoms with Gasteiger partial charge in [0.25, 0.3) is 0 Å². The van der Waals surface area contributed by atoms with E-state index in [0.717, 1.165) is 12.1 Å². The molecule has 12 heavy (non-hydrogen) atoms. The molecule has 0 aromatic carbocycles. The van der Waals surface area contributed by atoms with Gasteiger partial charge in [-0.05, 0) is 18.6 Å². The molecule has 0 spiro atoms. The van der Waals surface area contributed by atoms with Crippen molar-refractivity contribution in [3.8, 4) is 0 Å². The Bertz CT molecular complexity index is 231. The molecule has 1 unspecified atom stereocenters. The number of carbonyl (C=O) groups excluding carboxylic acids is 1. The third-order valence-corrected chi connectivity index (χ3v) is 1.65. The van der Waals surface area contributed by atoms with Gasteiger partial charge in [-0.1, -0.05) is 6.08 Å². The number of ether oxygens (including phenoxy) is 1. The number of rotatable bonds is 2. The summed E-state index contributed by atoms with van der Waals surface area (Å²) >= 11 is 0. The Kier molecular flexibility index (Phi) is 3.05. The zero-order valence-electron chi connectivity index (χ0n) is 7.33. The maximum Gasteiger partial charge on any atom is 0.221 e. The monoisotopic (exact) mass is 167 g/mol. The summed E-state index contributed by atoms with van der Waals surface area (Å²) in [5.74, 6) is -0.0531. The van der Waals surface area contributed by atoms with Crippen molar-refractivity contribution in [1.82, 2.24) is 5.32 Å².